The summed E-state index contributed by atoms with van der Waals surface area (Å²) in [7, 11) is 0. The van der Waals surface area contributed by atoms with Crippen molar-refractivity contribution >= 4 is 10.9 Å². The molecule has 0 fully saturated rings. The van der Waals surface area contributed by atoms with Crippen LogP contribution in [0.5, 0.6) is 0 Å². The zero-order valence-electron chi connectivity index (χ0n) is 12.0. The lowest BCUT2D eigenvalue weighted by Gasteiger charge is -2.16. The van der Waals surface area contributed by atoms with Crippen molar-refractivity contribution in [3.8, 4) is 0 Å². The number of nitrogens with zero attached hydrogens (tertiary/aromatic N) is 2. The fourth-order valence-corrected chi connectivity index (χ4v) is 2.49. The van der Waals surface area contributed by atoms with Crippen molar-refractivity contribution in [2.45, 2.75) is 19.4 Å². The average Bonchev–Trinajstić information content (AvgIpc) is 2.52. The van der Waals surface area contributed by atoms with Gasteiger partial charge in [0.2, 0.25) is 0 Å². The number of hydrazine groups is 1. The molecule has 3 aromatic rings. The number of nitrogens with two attached hydrogens (primary N) is 1. The Kier molecular flexibility index (Phi) is 3.90. The van der Waals surface area contributed by atoms with Crippen LogP contribution in [0.4, 0.5) is 0 Å². The molecular formula is C17H18N4. The van der Waals surface area contributed by atoms with Crippen LogP contribution in [0, 0.1) is 6.92 Å². The molecule has 1 unspecified atom stereocenters. The molecule has 0 saturated heterocycles. The van der Waals surface area contributed by atoms with E-state index in [0.29, 0.717) is 0 Å². The highest BCUT2D eigenvalue weighted by Crippen LogP contribution is 2.19. The van der Waals surface area contributed by atoms with Crippen molar-refractivity contribution in [3.05, 3.63) is 71.7 Å². The molecule has 0 radical (unpaired) electrons. The van der Waals surface area contributed by atoms with Gasteiger partial charge in [0.05, 0.1) is 11.6 Å². The van der Waals surface area contributed by atoms with Gasteiger partial charge in [-0.15, -0.1) is 0 Å². The smallest absolute Gasteiger partial charge is 0.0705 e. The molecule has 2 aromatic heterocycles. The molecule has 4 heteroatoms. The van der Waals surface area contributed by atoms with Gasteiger partial charge < -0.3 is 0 Å². The summed E-state index contributed by atoms with van der Waals surface area (Å²) in [5.74, 6) is 5.72. The third-order valence-corrected chi connectivity index (χ3v) is 3.59. The van der Waals surface area contributed by atoms with Crippen LogP contribution >= 0.6 is 0 Å². The summed E-state index contributed by atoms with van der Waals surface area (Å²) >= 11 is 0. The van der Waals surface area contributed by atoms with E-state index in [1.165, 1.54) is 0 Å². The number of hydrogen-bond acceptors (Lipinski definition) is 4. The third-order valence-electron chi connectivity index (χ3n) is 3.59. The summed E-state index contributed by atoms with van der Waals surface area (Å²) in [6.45, 7) is 1.98. The van der Waals surface area contributed by atoms with Crippen LogP contribution in [0.1, 0.15) is 23.0 Å². The second kappa shape index (κ2) is 5.99. The molecular weight excluding hydrogens is 260 g/mol. The number of nitrogens with one attached hydrogen (secondary N) is 1. The molecule has 3 rings (SSSR count). The molecule has 2 heterocycles. The SMILES string of the molecule is Cc1cc(C(Cc2ccc3ccccc3n2)NN)ccn1. The molecule has 21 heavy (non-hydrogen) atoms. The van der Waals surface area contributed by atoms with Gasteiger partial charge in [-0.3, -0.25) is 21.2 Å². The van der Waals surface area contributed by atoms with Crippen LogP contribution in [-0.4, -0.2) is 9.97 Å². The van der Waals surface area contributed by atoms with E-state index in [0.717, 1.165) is 34.3 Å². The normalized spacial score (nSPS) is 12.5. The molecule has 0 amide bonds. The molecule has 4 nitrogen and oxygen atoms in total. The number of para-hydroxylation sites is 1. The van der Waals surface area contributed by atoms with E-state index in [1.54, 1.807) is 0 Å². The lowest BCUT2D eigenvalue weighted by molar-refractivity contribution is 0.546. The number of rotatable bonds is 4. The number of aryl methyl sites for hydroxylation is 1. The van der Waals surface area contributed by atoms with Crippen LogP contribution in [0.15, 0.2) is 54.7 Å². The van der Waals surface area contributed by atoms with Gasteiger partial charge in [-0.2, -0.15) is 0 Å². The number of aromatic nitrogens is 2. The molecule has 0 bridgehead atoms. The summed E-state index contributed by atoms with van der Waals surface area (Å²) in [6, 6.07) is 16.3. The van der Waals surface area contributed by atoms with Crippen molar-refractivity contribution in [3.63, 3.8) is 0 Å². The molecule has 0 spiro atoms. The fourth-order valence-electron chi connectivity index (χ4n) is 2.49. The fraction of sp³-hybridized carbons (Fsp3) is 0.176. The van der Waals surface area contributed by atoms with Crippen LogP contribution in [0.25, 0.3) is 10.9 Å². The quantitative estimate of drug-likeness (QED) is 0.569. The van der Waals surface area contributed by atoms with E-state index in [2.05, 4.69) is 28.6 Å². The topological polar surface area (TPSA) is 63.8 Å². The monoisotopic (exact) mass is 278 g/mol. The number of pyridine rings is 2. The third kappa shape index (κ3) is 3.07. The van der Waals surface area contributed by atoms with Gasteiger partial charge in [0.25, 0.3) is 0 Å². The standard InChI is InChI=1S/C17H18N4/c1-12-10-14(8-9-19-12)17(21-18)11-15-7-6-13-4-2-3-5-16(13)20-15/h2-10,17,21H,11,18H2,1H3. The maximum atomic E-state index is 5.72. The van der Waals surface area contributed by atoms with Crippen LogP contribution in [-0.2, 0) is 6.42 Å². The first-order valence-corrected chi connectivity index (χ1v) is 6.99. The number of hydrogen-bond donors (Lipinski definition) is 2. The van der Waals surface area contributed by atoms with E-state index in [-0.39, 0.29) is 6.04 Å². The molecule has 0 aliphatic carbocycles. The Hall–Kier alpha value is -2.30. The van der Waals surface area contributed by atoms with Crippen molar-refractivity contribution in [1.82, 2.24) is 15.4 Å². The average molecular weight is 278 g/mol. The van der Waals surface area contributed by atoms with Gasteiger partial charge in [-0.25, -0.2) is 0 Å². The van der Waals surface area contributed by atoms with E-state index < -0.39 is 0 Å². The summed E-state index contributed by atoms with van der Waals surface area (Å²) < 4.78 is 0. The van der Waals surface area contributed by atoms with Gasteiger partial charge in [-0.05, 0) is 36.8 Å². The lowest BCUT2D eigenvalue weighted by Crippen LogP contribution is -2.29. The number of fused-ring (bicyclic) bond motifs is 1. The van der Waals surface area contributed by atoms with Crippen molar-refractivity contribution in [2.24, 2.45) is 5.84 Å². The van der Waals surface area contributed by atoms with E-state index in [1.807, 2.05) is 43.5 Å². The molecule has 0 aliphatic rings. The summed E-state index contributed by atoms with van der Waals surface area (Å²) in [6.07, 6.45) is 2.55. The predicted octanol–water partition coefficient (Wildman–Crippen LogP) is 2.69. The summed E-state index contributed by atoms with van der Waals surface area (Å²) in [5.41, 5.74) is 7.02. The van der Waals surface area contributed by atoms with E-state index in [9.17, 15) is 0 Å². The summed E-state index contributed by atoms with van der Waals surface area (Å²) in [5, 5.41) is 1.15. The molecule has 0 aliphatic heterocycles. The molecule has 1 atom stereocenters. The highest BCUT2D eigenvalue weighted by Gasteiger charge is 2.12. The molecule has 106 valence electrons. The summed E-state index contributed by atoms with van der Waals surface area (Å²) in [4.78, 5) is 8.92. The minimum absolute atomic E-state index is 0.0281. The highest BCUT2D eigenvalue weighted by atomic mass is 15.2. The molecule has 1 aromatic carbocycles. The maximum Gasteiger partial charge on any atom is 0.0705 e. The second-order valence-corrected chi connectivity index (χ2v) is 5.15. The Bertz CT molecular complexity index is 754. The van der Waals surface area contributed by atoms with Crippen LogP contribution in [0.2, 0.25) is 0 Å². The number of benzene rings is 1. The first-order chi connectivity index (χ1) is 10.3. The first-order valence-electron chi connectivity index (χ1n) is 6.99. The Balaban J connectivity index is 1.88. The van der Waals surface area contributed by atoms with Gasteiger partial charge in [0, 0.05) is 29.4 Å². The van der Waals surface area contributed by atoms with Crippen molar-refractivity contribution in [1.29, 1.82) is 0 Å². The predicted molar refractivity (Wildman–Crippen MR) is 84.5 cm³/mol. The van der Waals surface area contributed by atoms with Gasteiger partial charge in [-0.1, -0.05) is 24.3 Å². The van der Waals surface area contributed by atoms with Crippen molar-refractivity contribution in [2.75, 3.05) is 0 Å². The molecule has 3 N–H and O–H groups in total. The van der Waals surface area contributed by atoms with Gasteiger partial charge >= 0.3 is 0 Å². The van der Waals surface area contributed by atoms with Crippen molar-refractivity contribution < 1.29 is 0 Å². The van der Waals surface area contributed by atoms with Gasteiger partial charge in [0.15, 0.2) is 0 Å². The van der Waals surface area contributed by atoms with Crippen LogP contribution < -0.4 is 11.3 Å². The Morgan fingerprint density at radius 2 is 2.00 bits per heavy atom. The largest absolute Gasteiger partial charge is 0.271 e. The zero-order valence-corrected chi connectivity index (χ0v) is 12.0. The maximum absolute atomic E-state index is 5.72. The van der Waals surface area contributed by atoms with Crippen LogP contribution in [0.3, 0.4) is 0 Å². The highest BCUT2D eigenvalue weighted by molar-refractivity contribution is 5.78. The Morgan fingerprint density at radius 1 is 1.14 bits per heavy atom. The Labute approximate surface area is 124 Å². The second-order valence-electron chi connectivity index (χ2n) is 5.15. The van der Waals surface area contributed by atoms with Gasteiger partial charge in [0.1, 0.15) is 0 Å². The first kappa shape index (κ1) is 13.7. The van der Waals surface area contributed by atoms with E-state index >= 15 is 0 Å². The Morgan fingerprint density at radius 3 is 2.81 bits per heavy atom. The molecule has 0 saturated carbocycles. The minimum atomic E-state index is 0.0281. The minimum Gasteiger partial charge on any atom is -0.271 e. The lowest BCUT2D eigenvalue weighted by atomic mass is 10.0. The van der Waals surface area contributed by atoms with E-state index in [4.69, 9.17) is 10.8 Å². The zero-order chi connectivity index (χ0) is 14.7.